The summed E-state index contributed by atoms with van der Waals surface area (Å²) < 4.78 is 0.635. The van der Waals surface area contributed by atoms with E-state index in [1.54, 1.807) is 13.0 Å². The summed E-state index contributed by atoms with van der Waals surface area (Å²) in [6.45, 7) is 1.73. The van der Waals surface area contributed by atoms with Gasteiger partial charge in [0.2, 0.25) is 0 Å². The number of phenolic OH excluding ortho intramolecular Hbond substituents is 1. The Labute approximate surface area is 83.2 Å². The number of benzene rings is 1. The zero-order chi connectivity index (χ0) is 9.30. The van der Waals surface area contributed by atoms with Crippen LogP contribution in [0.25, 0.3) is 0 Å². The van der Waals surface area contributed by atoms with Gasteiger partial charge in [0.15, 0.2) is 0 Å². The van der Waals surface area contributed by atoms with Crippen LogP contribution in [0.1, 0.15) is 15.9 Å². The molecular formula is C8H7IO3. The fraction of sp³-hybridized carbons (Fsp3) is 0.125. The molecule has 3 nitrogen and oxygen atoms in total. The Morgan fingerprint density at radius 3 is 2.58 bits per heavy atom. The minimum absolute atomic E-state index is 0.0211. The molecule has 1 aromatic carbocycles. The number of hydrogen-bond acceptors (Lipinski definition) is 2. The summed E-state index contributed by atoms with van der Waals surface area (Å²) in [5.74, 6) is -0.998. The van der Waals surface area contributed by atoms with Gasteiger partial charge in [-0.25, -0.2) is 4.79 Å². The first kappa shape index (κ1) is 9.31. The highest BCUT2D eigenvalue weighted by atomic mass is 127. The highest BCUT2D eigenvalue weighted by Gasteiger charge is 2.10. The third-order valence-electron chi connectivity index (χ3n) is 1.52. The van der Waals surface area contributed by atoms with E-state index in [0.29, 0.717) is 9.13 Å². The van der Waals surface area contributed by atoms with Crippen LogP contribution in [0.15, 0.2) is 12.1 Å². The highest BCUT2D eigenvalue weighted by Crippen LogP contribution is 2.22. The summed E-state index contributed by atoms with van der Waals surface area (Å²) in [5.41, 5.74) is 0.822. The number of hydrogen-bond donors (Lipinski definition) is 2. The van der Waals surface area contributed by atoms with E-state index in [4.69, 9.17) is 5.11 Å². The van der Waals surface area contributed by atoms with Gasteiger partial charge in [0.1, 0.15) is 5.75 Å². The monoisotopic (exact) mass is 278 g/mol. The molecule has 0 heterocycles. The summed E-state index contributed by atoms with van der Waals surface area (Å²) in [6, 6.07) is 2.90. The van der Waals surface area contributed by atoms with Gasteiger partial charge in [0.05, 0.1) is 5.56 Å². The summed E-state index contributed by atoms with van der Waals surface area (Å²) in [4.78, 5) is 10.6. The lowest BCUT2D eigenvalue weighted by molar-refractivity contribution is 0.0695. The number of halogens is 1. The van der Waals surface area contributed by atoms with Crippen molar-refractivity contribution in [3.8, 4) is 5.75 Å². The Balaban J connectivity index is 3.33. The maximum absolute atomic E-state index is 10.6. The van der Waals surface area contributed by atoms with E-state index in [1.807, 2.05) is 22.6 Å². The molecule has 0 atom stereocenters. The van der Waals surface area contributed by atoms with E-state index in [2.05, 4.69) is 0 Å². The van der Waals surface area contributed by atoms with Crippen molar-refractivity contribution in [3.05, 3.63) is 26.8 Å². The van der Waals surface area contributed by atoms with E-state index in [1.165, 1.54) is 6.07 Å². The molecule has 0 bridgehead atoms. The Hall–Kier alpha value is -0.780. The smallest absolute Gasteiger partial charge is 0.336 e. The number of rotatable bonds is 1. The lowest BCUT2D eigenvalue weighted by Crippen LogP contribution is -1.99. The second-order valence-corrected chi connectivity index (χ2v) is 3.59. The van der Waals surface area contributed by atoms with Gasteiger partial charge in [-0.15, -0.1) is 0 Å². The molecule has 0 unspecified atom stereocenters. The van der Waals surface area contributed by atoms with E-state index in [0.717, 1.165) is 0 Å². The molecular weight excluding hydrogens is 271 g/mol. The second kappa shape index (κ2) is 3.30. The number of aromatic hydroxyl groups is 1. The number of phenols is 1. The SMILES string of the molecule is Cc1cc(I)c(C(=O)O)cc1O. The molecule has 2 N–H and O–H groups in total. The molecule has 0 amide bonds. The molecule has 0 fully saturated rings. The normalized spacial score (nSPS) is 9.83. The van der Waals surface area contributed by atoms with E-state index in [9.17, 15) is 9.90 Å². The fourth-order valence-corrected chi connectivity index (χ4v) is 1.68. The molecule has 0 aromatic heterocycles. The summed E-state index contributed by atoms with van der Waals surface area (Å²) in [6.07, 6.45) is 0. The minimum Gasteiger partial charge on any atom is -0.508 e. The van der Waals surface area contributed by atoms with E-state index < -0.39 is 5.97 Å². The van der Waals surface area contributed by atoms with Crippen molar-refractivity contribution < 1.29 is 15.0 Å². The molecule has 0 aliphatic carbocycles. The van der Waals surface area contributed by atoms with Crippen molar-refractivity contribution in [1.29, 1.82) is 0 Å². The van der Waals surface area contributed by atoms with Gasteiger partial charge in [0, 0.05) is 3.57 Å². The fourth-order valence-electron chi connectivity index (χ4n) is 0.825. The van der Waals surface area contributed by atoms with Gasteiger partial charge >= 0.3 is 5.97 Å². The molecule has 1 aromatic rings. The Morgan fingerprint density at radius 2 is 2.08 bits per heavy atom. The first-order valence-corrected chi connectivity index (χ1v) is 4.32. The number of carboxylic acids is 1. The quantitative estimate of drug-likeness (QED) is 0.772. The third kappa shape index (κ3) is 1.69. The van der Waals surface area contributed by atoms with Gasteiger partial charge in [-0.3, -0.25) is 0 Å². The maximum Gasteiger partial charge on any atom is 0.336 e. The van der Waals surface area contributed by atoms with Crippen LogP contribution in [0.5, 0.6) is 5.75 Å². The Morgan fingerprint density at radius 1 is 1.50 bits per heavy atom. The lowest BCUT2D eigenvalue weighted by Gasteiger charge is -2.02. The average molecular weight is 278 g/mol. The summed E-state index contributed by atoms with van der Waals surface area (Å²) in [5, 5.41) is 17.9. The van der Waals surface area contributed by atoms with Gasteiger partial charge in [0.25, 0.3) is 0 Å². The van der Waals surface area contributed by atoms with Crippen LogP contribution in [0.2, 0.25) is 0 Å². The second-order valence-electron chi connectivity index (χ2n) is 2.42. The summed E-state index contributed by atoms with van der Waals surface area (Å²) >= 11 is 1.93. The third-order valence-corrected chi connectivity index (χ3v) is 2.41. The van der Waals surface area contributed by atoms with E-state index in [-0.39, 0.29) is 11.3 Å². The van der Waals surface area contributed by atoms with Crippen molar-refractivity contribution in [3.63, 3.8) is 0 Å². The minimum atomic E-state index is -1.02. The lowest BCUT2D eigenvalue weighted by atomic mass is 10.1. The van der Waals surface area contributed by atoms with Crippen LogP contribution in [-0.4, -0.2) is 16.2 Å². The molecule has 0 saturated carbocycles. The highest BCUT2D eigenvalue weighted by molar-refractivity contribution is 14.1. The zero-order valence-corrected chi connectivity index (χ0v) is 8.49. The molecule has 0 aliphatic rings. The predicted octanol–water partition coefficient (Wildman–Crippen LogP) is 2.00. The van der Waals surface area contributed by atoms with Crippen molar-refractivity contribution >= 4 is 28.6 Å². The topological polar surface area (TPSA) is 57.5 Å². The van der Waals surface area contributed by atoms with Crippen LogP contribution in [-0.2, 0) is 0 Å². The molecule has 4 heteroatoms. The molecule has 0 aliphatic heterocycles. The molecule has 12 heavy (non-hydrogen) atoms. The van der Waals surface area contributed by atoms with Gasteiger partial charge in [-0.05, 0) is 47.2 Å². The number of aryl methyl sites for hydroxylation is 1. The Bertz CT molecular complexity index is 333. The van der Waals surface area contributed by atoms with Crippen molar-refractivity contribution in [2.24, 2.45) is 0 Å². The summed E-state index contributed by atoms with van der Waals surface area (Å²) in [7, 11) is 0. The van der Waals surface area contributed by atoms with Crippen LogP contribution in [0.4, 0.5) is 0 Å². The van der Waals surface area contributed by atoms with Gasteiger partial charge < -0.3 is 10.2 Å². The zero-order valence-electron chi connectivity index (χ0n) is 6.34. The number of carboxylic acid groups (broad SMARTS) is 1. The van der Waals surface area contributed by atoms with Gasteiger partial charge in [-0.2, -0.15) is 0 Å². The Kier molecular flexibility index (Phi) is 2.56. The number of carbonyl (C=O) groups is 1. The molecule has 0 radical (unpaired) electrons. The standard InChI is InChI=1S/C8H7IO3/c1-4-2-6(9)5(8(11)12)3-7(4)10/h2-3,10H,1H3,(H,11,12). The van der Waals surface area contributed by atoms with Crippen molar-refractivity contribution in [1.82, 2.24) is 0 Å². The predicted molar refractivity (Wildman–Crippen MR) is 52.5 cm³/mol. The first-order valence-electron chi connectivity index (χ1n) is 3.25. The number of aromatic carboxylic acids is 1. The first-order chi connectivity index (χ1) is 5.52. The van der Waals surface area contributed by atoms with Crippen LogP contribution in [0.3, 0.4) is 0 Å². The van der Waals surface area contributed by atoms with Crippen molar-refractivity contribution in [2.75, 3.05) is 0 Å². The van der Waals surface area contributed by atoms with Crippen LogP contribution >= 0.6 is 22.6 Å². The van der Waals surface area contributed by atoms with Crippen LogP contribution < -0.4 is 0 Å². The van der Waals surface area contributed by atoms with Crippen molar-refractivity contribution in [2.45, 2.75) is 6.92 Å². The average Bonchev–Trinajstić information content (AvgIpc) is 1.96. The molecule has 0 saturated heterocycles. The molecule has 1 rings (SSSR count). The molecule has 0 spiro atoms. The van der Waals surface area contributed by atoms with Gasteiger partial charge in [-0.1, -0.05) is 0 Å². The largest absolute Gasteiger partial charge is 0.508 e. The maximum atomic E-state index is 10.6. The molecule has 64 valence electrons. The van der Waals surface area contributed by atoms with E-state index >= 15 is 0 Å². The van der Waals surface area contributed by atoms with Crippen LogP contribution in [0, 0.1) is 10.5 Å².